The molecular weight excluding hydrogens is 245 g/mol. The lowest BCUT2D eigenvalue weighted by molar-refractivity contribution is -0.117. The van der Waals surface area contributed by atoms with Gasteiger partial charge in [0, 0.05) is 18.4 Å². The van der Waals surface area contributed by atoms with E-state index in [0.29, 0.717) is 12.2 Å². The van der Waals surface area contributed by atoms with Crippen molar-refractivity contribution >= 4 is 11.6 Å². The van der Waals surface area contributed by atoms with E-state index in [1.807, 2.05) is 13.0 Å². The summed E-state index contributed by atoms with van der Waals surface area (Å²) in [6.07, 6.45) is 3.16. The molecule has 0 aliphatic carbocycles. The fraction of sp³-hybridized carbons (Fsp3) is 0.286. The molecule has 100 valence electrons. The second kappa shape index (κ2) is 7.88. The third kappa shape index (κ3) is 5.21. The van der Waals surface area contributed by atoms with E-state index in [1.54, 1.807) is 0 Å². The van der Waals surface area contributed by atoms with Gasteiger partial charge < -0.3 is 10.6 Å². The number of carbonyl (C=O) groups excluding carboxylic acids is 1. The van der Waals surface area contributed by atoms with Crippen molar-refractivity contribution in [3.63, 3.8) is 0 Å². The highest BCUT2D eigenvalue weighted by Crippen LogP contribution is 2.08. The quantitative estimate of drug-likeness (QED) is 0.470. The molecule has 0 radical (unpaired) electrons. The summed E-state index contributed by atoms with van der Waals surface area (Å²) in [4.78, 5) is 11.6. The molecule has 0 bridgehead atoms. The van der Waals surface area contributed by atoms with Crippen LogP contribution in [-0.4, -0.2) is 12.5 Å². The van der Waals surface area contributed by atoms with Crippen LogP contribution in [0, 0.1) is 17.1 Å². The Morgan fingerprint density at radius 3 is 2.68 bits per heavy atom. The third-order valence-corrected chi connectivity index (χ3v) is 2.41. The van der Waals surface area contributed by atoms with Crippen molar-refractivity contribution in [2.24, 2.45) is 0 Å². The molecule has 1 rings (SSSR count). The van der Waals surface area contributed by atoms with Gasteiger partial charge in [-0.25, -0.2) is 4.39 Å². The highest BCUT2D eigenvalue weighted by atomic mass is 19.1. The molecule has 0 unspecified atom stereocenters. The highest BCUT2D eigenvalue weighted by molar-refractivity contribution is 5.97. The summed E-state index contributed by atoms with van der Waals surface area (Å²) in [5.41, 5.74) is 0.593. The van der Waals surface area contributed by atoms with Crippen LogP contribution in [0.25, 0.3) is 0 Å². The number of halogens is 1. The van der Waals surface area contributed by atoms with Gasteiger partial charge in [0.1, 0.15) is 17.5 Å². The van der Waals surface area contributed by atoms with Crippen molar-refractivity contribution in [2.45, 2.75) is 19.8 Å². The summed E-state index contributed by atoms with van der Waals surface area (Å²) in [5.74, 6) is -0.752. The average molecular weight is 261 g/mol. The molecule has 0 fully saturated rings. The van der Waals surface area contributed by atoms with E-state index >= 15 is 0 Å². The Kier molecular flexibility index (Phi) is 6.10. The van der Waals surface area contributed by atoms with Crippen molar-refractivity contribution in [2.75, 3.05) is 11.9 Å². The number of rotatable bonds is 6. The van der Waals surface area contributed by atoms with E-state index < -0.39 is 5.91 Å². The lowest BCUT2D eigenvalue weighted by atomic mass is 10.2. The number of benzene rings is 1. The Bertz CT molecular complexity index is 488. The number of nitrogens with zero attached hydrogens (tertiary/aromatic N) is 1. The molecule has 0 saturated heterocycles. The van der Waals surface area contributed by atoms with Gasteiger partial charge >= 0.3 is 0 Å². The first kappa shape index (κ1) is 14.7. The van der Waals surface area contributed by atoms with Crippen molar-refractivity contribution in [1.82, 2.24) is 5.32 Å². The zero-order chi connectivity index (χ0) is 14.1. The van der Waals surface area contributed by atoms with Crippen molar-refractivity contribution in [3.8, 4) is 6.07 Å². The van der Waals surface area contributed by atoms with Gasteiger partial charge in [-0.2, -0.15) is 5.26 Å². The van der Waals surface area contributed by atoms with Crippen LogP contribution in [0.15, 0.2) is 36.0 Å². The van der Waals surface area contributed by atoms with Gasteiger partial charge in [0.05, 0.1) is 0 Å². The van der Waals surface area contributed by atoms with Crippen LogP contribution in [0.1, 0.15) is 19.8 Å². The van der Waals surface area contributed by atoms with Crippen molar-refractivity contribution in [1.29, 1.82) is 5.26 Å². The van der Waals surface area contributed by atoms with Crippen LogP contribution in [0.5, 0.6) is 0 Å². The summed E-state index contributed by atoms with van der Waals surface area (Å²) >= 11 is 0. The standard InChI is InChI=1S/C14H16FN3O/c1-2-3-8-17-14(19)11(9-16)10-18-13-6-4-12(15)5-7-13/h4-7,10,18H,2-3,8H2,1H3,(H,17,19)/b11-10-. The molecule has 2 N–H and O–H groups in total. The van der Waals surface area contributed by atoms with Gasteiger partial charge in [-0.15, -0.1) is 0 Å². The number of hydrogen-bond donors (Lipinski definition) is 2. The first-order chi connectivity index (χ1) is 9.17. The second-order valence-electron chi connectivity index (χ2n) is 3.93. The Hall–Kier alpha value is -2.35. The molecule has 19 heavy (non-hydrogen) atoms. The molecule has 0 saturated carbocycles. The molecule has 5 heteroatoms. The van der Waals surface area contributed by atoms with E-state index in [4.69, 9.17) is 5.26 Å². The van der Waals surface area contributed by atoms with Gasteiger partial charge in [0.25, 0.3) is 5.91 Å². The van der Waals surface area contributed by atoms with Gasteiger partial charge in [-0.1, -0.05) is 13.3 Å². The Morgan fingerprint density at radius 2 is 2.11 bits per heavy atom. The van der Waals surface area contributed by atoms with E-state index in [0.717, 1.165) is 12.8 Å². The minimum atomic E-state index is -0.412. The van der Waals surface area contributed by atoms with Crippen LogP contribution < -0.4 is 10.6 Å². The lowest BCUT2D eigenvalue weighted by Gasteiger charge is -2.04. The summed E-state index contributed by atoms with van der Waals surface area (Å²) < 4.78 is 12.7. The SMILES string of the molecule is CCCCNC(=O)/C(C#N)=C\Nc1ccc(F)cc1. The maximum atomic E-state index is 12.7. The van der Waals surface area contributed by atoms with Gasteiger partial charge in [0.15, 0.2) is 0 Å². The molecule has 1 aromatic rings. The lowest BCUT2D eigenvalue weighted by Crippen LogP contribution is -2.25. The fourth-order valence-corrected chi connectivity index (χ4v) is 1.32. The van der Waals surface area contributed by atoms with Crippen molar-refractivity contribution in [3.05, 3.63) is 41.9 Å². The fourth-order valence-electron chi connectivity index (χ4n) is 1.32. The predicted molar refractivity (Wildman–Crippen MR) is 71.6 cm³/mol. The Morgan fingerprint density at radius 1 is 1.42 bits per heavy atom. The number of unbranched alkanes of at least 4 members (excludes halogenated alkanes) is 1. The van der Waals surface area contributed by atoms with Crippen LogP contribution in [-0.2, 0) is 4.79 Å². The summed E-state index contributed by atoms with van der Waals surface area (Å²) in [5, 5.41) is 14.3. The van der Waals surface area contributed by atoms with E-state index in [1.165, 1.54) is 30.5 Å². The molecule has 4 nitrogen and oxygen atoms in total. The van der Waals surface area contributed by atoms with Gasteiger partial charge in [0.2, 0.25) is 0 Å². The van der Waals surface area contributed by atoms with Gasteiger partial charge in [-0.3, -0.25) is 4.79 Å². The number of nitriles is 1. The Labute approximate surface area is 111 Å². The summed E-state index contributed by atoms with van der Waals surface area (Å²) in [6, 6.07) is 7.46. The molecule has 0 heterocycles. The van der Waals surface area contributed by atoms with E-state index in [2.05, 4.69) is 10.6 Å². The van der Waals surface area contributed by atoms with Crippen LogP contribution in [0.4, 0.5) is 10.1 Å². The number of amides is 1. The molecule has 0 aliphatic heterocycles. The molecule has 1 aromatic carbocycles. The number of anilines is 1. The zero-order valence-corrected chi connectivity index (χ0v) is 10.7. The summed E-state index contributed by atoms with van der Waals surface area (Å²) in [7, 11) is 0. The predicted octanol–water partition coefficient (Wildman–Crippen LogP) is 2.56. The second-order valence-corrected chi connectivity index (χ2v) is 3.93. The number of hydrogen-bond acceptors (Lipinski definition) is 3. The molecule has 1 amide bonds. The number of carbonyl (C=O) groups is 1. The highest BCUT2D eigenvalue weighted by Gasteiger charge is 2.07. The monoisotopic (exact) mass is 261 g/mol. The van der Waals surface area contributed by atoms with Crippen molar-refractivity contribution < 1.29 is 9.18 Å². The Balaban J connectivity index is 2.59. The van der Waals surface area contributed by atoms with E-state index in [-0.39, 0.29) is 11.4 Å². The maximum absolute atomic E-state index is 12.7. The molecule has 0 aromatic heterocycles. The molecular formula is C14H16FN3O. The largest absolute Gasteiger partial charge is 0.360 e. The minimum absolute atomic E-state index is 0.0135. The first-order valence-corrected chi connectivity index (χ1v) is 6.08. The van der Waals surface area contributed by atoms with E-state index in [9.17, 15) is 9.18 Å². The summed E-state index contributed by atoms with van der Waals surface area (Å²) in [6.45, 7) is 2.56. The molecule has 0 spiro atoms. The van der Waals surface area contributed by atoms with Gasteiger partial charge in [-0.05, 0) is 30.7 Å². The van der Waals surface area contributed by atoms with Crippen LogP contribution >= 0.6 is 0 Å². The smallest absolute Gasteiger partial charge is 0.263 e. The van der Waals surface area contributed by atoms with Crippen LogP contribution in [0.3, 0.4) is 0 Å². The first-order valence-electron chi connectivity index (χ1n) is 6.08. The average Bonchev–Trinajstić information content (AvgIpc) is 2.42. The topological polar surface area (TPSA) is 64.9 Å². The molecule has 0 atom stereocenters. The maximum Gasteiger partial charge on any atom is 0.263 e. The molecule has 0 aliphatic rings. The number of nitrogens with one attached hydrogen (secondary N) is 2. The van der Waals surface area contributed by atoms with Crippen LogP contribution in [0.2, 0.25) is 0 Å². The minimum Gasteiger partial charge on any atom is -0.360 e. The zero-order valence-electron chi connectivity index (χ0n) is 10.7. The third-order valence-electron chi connectivity index (χ3n) is 2.41. The normalized spacial score (nSPS) is 10.7.